The molecule has 0 radical (unpaired) electrons. The van der Waals surface area contributed by atoms with Crippen molar-refractivity contribution in [1.29, 1.82) is 0 Å². The molecule has 84 valence electrons. The Hall–Kier alpha value is -0.840. The van der Waals surface area contributed by atoms with E-state index in [2.05, 4.69) is 0 Å². The van der Waals surface area contributed by atoms with Gasteiger partial charge in [0.05, 0.1) is 5.41 Å². The molecule has 0 aromatic heterocycles. The van der Waals surface area contributed by atoms with E-state index in [0.29, 0.717) is 12.8 Å². The minimum absolute atomic E-state index is 0.00312. The molecule has 1 fully saturated rings. The third kappa shape index (κ3) is 3.06. The van der Waals surface area contributed by atoms with Crippen LogP contribution in [0.15, 0.2) is 11.9 Å². The molecule has 1 N–H and O–H groups in total. The first-order valence-electron chi connectivity index (χ1n) is 4.70. The quantitative estimate of drug-likeness (QED) is 0.756. The van der Waals surface area contributed by atoms with Crippen molar-refractivity contribution in [1.82, 2.24) is 0 Å². The molecule has 3 nitrogen and oxygen atoms in total. The van der Waals surface area contributed by atoms with E-state index >= 15 is 0 Å². The molecule has 0 heterocycles. The Morgan fingerprint density at radius 2 is 2.00 bits per heavy atom. The Labute approximate surface area is 91.7 Å². The van der Waals surface area contributed by atoms with Gasteiger partial charge in [0.2, 0.25) is 5.12 Å². The number of hydrogen-bond acceptors (Lipinski definition) is 3. The number of carbonyl (C=O) groups excluding carboxylic acids is 1. The Bertz CT molecular complexity index is 319. The third-order valence-electron chi connectivity index (χ3n) is 2.16. The normalized spacial score (nSPS) is 19.1. The Morgan fingerprint density at radius 1 is 1.47 bits per heavy atom. The lowest BCUT2D eigenvalue weighted by Gasteiger charge is -2.04. The van der Waals surface area contributed by atoms with Gasteiger partial charge < -0.3 is 5.11 Å². The smallest absolute Gasteiger partial charge is 0.313 e. The molecule has 0 aliphatic heterocycles. The van der Waals surface area contributed by atoms with E-state index in [-0.39, 0.29) is 5.25 Å². The van der Waals surface area contributed by atoms with Crippen LogP contribution in [0.2, 0.25) is 0 Å². The molecular formula is C10H13FO3S. The van der Waals surface area contributed by atoms with Crippen molar-refractivity contribution in [3.63, 3.8) is 0 Å². The zero-order chi connectivity index (χ0) is 11.6. The minimum Gasteiger partial charge on any atom is -0.481 e. The summed E-state index contributed by atoms with van der Waals surface area (Å²) in [6.45, 7) is 3.56. The fourth-order valence-corrected chi connectivity index (χ4v) is 1.73. The standard InChI is InChI=1S/C10H13FO3S/c1-6(2)15-8(12)7(11)5-10(3-4-10)9(13)14/h5-6H,3-4H2,1-2H3,(H,13,14). The molecule has 5 heteroatoms. The summed E-state index contributed by atoms with van der Waals surface area (Å²) >= 11 is 0.868. The first-order chi connectivity index (χ1) is 6.87. The van der Waals surface area contributed by atoms with E-state index in [9.17, 15) is 14.0 Å². The second kappa shape index (κ2) is 4.35. The van der Waals surface area contributed by atoms with Gasteiger partial charge in [0.25, 0.3) is 0 Å². The Balaban J connectivity index is 2.68. The molecule has 1 aliphatic carbocycles. The predicted molar refractivity (Wildman–Crippen MR) is 56.2 cm³/mol. The molecule has 1 saturated carbocycles. The van der Waals surface area contributed by atoms with Gasteiger partial charge in [0.1, 0.15) is 0 Å². The van der Waals surface area contributed by atoms with Crippen LogP contribution in [-0.4, -0.2) is 21.4 Å². The van der Waals surface area contributed by atoms with E-state index in [1.807, 2.05) is 0 Å². The second-order valence-corrected chi connectivity index (χ2v) is 5.46. The minimum atomic E-state index is -1.11. The highest BCUT2D eigenvalue weighted by molar-refractivity contribution is 8.14. The molecule has 0 spiro atoms. The summed E-state index contributed by atoms with van der Waals surface area (Å²) in [6, 6.07) is 0. The maximum atomic E-state index is 13.3. The summed E-state index contributed by atoms with van der Waals surface area (Å²) < 4.78 is 13.3. The van der Waals surface area contributed by atoms with Crippen LogP contribution in [-0.2, 0) is 9.59 Å². The average Bonchev–Trinajstić information content (AvgIpc) is 2.84. The van der Waals surface area contributed by atoms with E-state index in [1.165, 1.54) is 0 Å². The summed E-state index contributed by atoms with van der Waals surface area (Å²) in [4.78, 5) is 21.9. The zero-order valence-electron chi connectivity index (χ0n) is 8.62. The van der Waals surface area contributed by atoms with Crippen molar-refractivity contribution in [2.45, 2.75) is 31.9 Å². The summed E-state index contributed by atoms with van der Waals surface area (Å²) in [5, 5.41) is 8.10. The molecule has 0 bridgehead atoms. The van der Waals surface area contributed by atoms with Crippen LogP contribution >= 0.6 is 11.8 Å². The number of rotatable bonds is 4. The number of aliphatic carboxylic acids is 1. The molecule has 0 aromatic rings. The van der Waals surface area contributed by atoms with Crippen molar-refractivity contribution >= 4 is 22.8 Å². The van der Waals surface area contributed by atoms with E-state index in [0.717, 1.165) is 17.8 Å². The first kappa shape index (κ1) is 12.2. The number of thioether (sulfide) groups is 1. The van der Waals surface area contributed by atoms with Crippen molar-refractivity contribution in [3.05, 3.63) is 11.9 Å². The maximum Gasteiger partial charge on any atom is 0.313 e. The molecule has 1 rings (SSSR count). The monoisotopic (exact) mass is 232 g/mol. The zero-order valence-corrected chi connectivity index (χ0v) is 9.44. The third-order valence-corrected chi connectivity index (χ3v) is 3.04. The van der Waals surface area contributed by atoms with Crippen molar-refractivity contribution in [2.75, 3.05) is 0 Å². The largest absolute Gasteiger partial charge is 0.481 e. The SMILES string of the molecule is CC(C)SC(=O)C(F)=CC1(C(=O)O)CC1. The highest BCUT2D eigenvalue weighted by Crippen LogP contribution is 2.48. The van der Waals surface area contributed by atoms with Gasteiger partial charge in [-0.3, -0.25) is 9.59 Å². The lowest BCUT2D eigenvalue weighted by Crippen LogP contribution is -2.13. The van der Waals surface area contributed by atoms with Crippen molar-refractivity contribution in [3.8, 4) is 0 Å². The van der Waals surface area contributed by atoms with Crippen molar-refractivity contribution < 1.29 is 19.1 Å². The molecule has 0 amide bonds. The number of hydrogen-bond donors (Lipinski definition) is 1. The van der Waals surface area contributed by atoms with Crippen LogP contribution in [0.3, 0.4) is 0 Å². The number of halogens is 1. The number of carbonyl (C=O) groups is 2. The van der Waals surface area contributed by atoms with Gasteiger partial charge in [-0.15, -0.1) is 0 Å². The highest BCUT2D eigenvalue weighted by atomic mass is 32.2. The van der Waals surface area contributed by atoms with Crippen LogP contribution in [0.4, 0.5) is 4.39 Å². The van der Waals surface area contributed by atoms with Crippen LogP contribution in [0.1, 0.15) is 26.7 Å². The number of carboxylic acid groups (broad SMARTS) is 1. The highest BCUT2D eigenvalue weighted by Gasteiger charge is 2.49. The fourth-order valence-electron chi connectivity index (χ4n) is 1.13. The lowest BCUT2D eigenvalue weighted by molar-refractivity contribution is -0.141. The van der Waals surface area contributed by atoms with Crippen LogP contribution in [0.5, 0.6) is 0 Å². The average molecular weight is 232 g/mol. The first-order valence-corrected chi connectivity index (χ1v) is 5.58. The summed E-state index contributed by atoms with van der Waals surface area (Å²) in [5.41, 5.74) is -1.11. The predicted octanol–water partition coefficient (Wildman–Crippen LogP) is 2.37. The van der Waals surface area contributed by atoms with Gasteiger partial charge in [-0.1, -0.05) is 25.6 Å². The van der Waals surface area contributed by atoms with Gasteiger partial charge >= 0.3 is 5.97 Å². The molecule has 0 unspecified atom stereocenters. The molecule has 1 aliphatic rings. The van der Waals surface area contributed by atoms with Gasteiger partial charge in [0.15, 0.2) is 5.83 Å². The van der Waals surface area contributed by atoms with E-state index in [1.54, 1.807) is 13.8 Å². The van der Waals surface area contributed by atoms with E-state index < -0.39 is 22.3 Å². The van der Waals surface area contributed by atoms with Crippen LogP contribution < -0.4 is 0 Å². The van der Waals surface area contributed by atoms with Gasteiger partial charge in [0, 0.05) is 5.25 Å². The molecule has 0 aromatic carbocycles. The lowest BCUT2D eigenvalue weighted by atomic mass is 10.1. The van der Waals surface area contributed by atoms with E-state index in [4.69, 9.17) is 5.11 Å². The molecular weight excluding hydrogens is 219 g/mol. The van der Waals surface area contributed by atoms with Gasteiger partial charge in [-0.25, -0.2) is 4.39 Å². The fraction of sp³-hybridized carbons (Fsp3) is 0.600. The molecule has 15 heavy (non-hydrogen) atoms. The van der Waals surface area contributed by atoms with Crippen LogP contribution in [0.25, 0.3) is 0 Å². The second-order valence-electron chi connectivity index (χ2n) is 3.91. The maximum absolute atomic E-state index is 13.3. The summed E-state index contributed by atoms with van der Waals surface area (Å²) in [7, 11) is 0. The van der Waals surface area contributed by atoms with Crippen LogP contribution in [0, 0.1) is 5.41 Å². The van der Waals surface area contributed by atoms with Gasteiger partial charge in [-0.2, -0.15) is 0 Å². The topological polar surface area (TPSA) is 54.4 Å². The summed E-state index contributed by atoms with van der Waals surface area (Å²) in [5.74, 6) is -1.99. The van der Waals surface area contributed by atoms with Gasteiger partial charge in [-0.05, 0) is 18.9 Å². The molecule has 0 saturated heterocycles. The number of carboxylic acids is 1. The molecule has 0 atom stereocenters. The Kier molecular flexibility index (Phi) is 3.54. The van der Waals surface area contributed by atoms with Crippen molar-refractivity contribution in [2.24, 2.45) is 5.41 Å². The Morgan fingerprint density at radius 3 is 2.33 bits per heavy atom. The summed E-state index contributed by atoms with van der Waals surface area (Å²) in [6.07, 6.45) is 1.78.